The molecule has 110 valence electrons. The number of hydrogen-bond acceptors (Lipinski definition) is 3. The lowest BCUT2D eigenvalue weighted by Gasteiger charge is -2.15. The first-order chi connectivity index (χ1) is 9.91. The standard InChI is InChI=1S/C13H11F2N3O3/c1-6(9-7(14)3-2-4-8(9)15)18-12(19)10-11(13(20)21)17-5-16-10/h2-6H,1H3,(H,16,17)(H,18,19)(H,20,21). The third kappa shape index (κ3) is 2.88. The molecule has 0 fully saturated rings. The number of hydrogen-bond donors (Lipinski definition) is 3. The van der Waals surface area contributed by atoms with E-state index < -0.39 is 35.2 Å². The number of carbonyl (C=O) groups excluding carboxylic acids is 1. The molecule has 6 nitrogen and oxygen atoms in total. The molecule has 0 aliphatic heterocycles. The minimum Gasteiger partial charge on any atom is -0.477 e. The van der Waals surface area contributed by atoms with Gasteiger partial charge in [0.2, 0.25) is 0 Å². The summed E-state index contributed by atoms with van der Waals surface area (Å²) >= 11 is 0. The third-order valence-corrected chi connectivity index (χ3v) is 2.85. The van der Waals surface area contributed by atoms with Crippen LogP contribution in [-0.4, -0.2) is 27.0 Å². The van der Waals surface area contributed by atoms with Crippen LogP contribution >= 0.6 is 0 Å². The number of rotatable bonds is 4. The molecular formula is C13H11F2N3O3. The minimum atomic E-state index is -1.36. The van der Waals surface area contributed by atoms with Crippen LogP contribution in [0.5, 0.6) is 0 Å². The fourth-order valence-corrected chi connectivity index (χ4v) is 1.89. The van der Waals surface area contributed by atoms with Crippen LogP contribution in [-0.2, 0) is 0 Å². The number of amides is 1. The van der Waals surface area contributed by atoms with Gasteiger partial charge >= 0.3 is 5.97 Å². The molecule has 21 heavy (non-hydrogen) atoms. The molecule has 1 amide bonds. The zero-order chi connectivity index (χ0) is 15.6. The normalized spacial score (nSPS) is 12.0. The molecule has 1 unspecified atom stereocenters. The van der Waals surface area contributed by atoms with Crippen molar-refractivity contribution < 1.29 is 23.5 Å². The van der Waals surface area contributed by atoms with E-state index >= 15 is 0 Å². The SMILES string of the molecule is CC(NC(=O)c1nc[nH]c1C(=O)O)c1c(F)cccc1F. The first kappa shape index (κ1) is 14.6. The number of nitrogens with one attached hydrogen (secondary N) is 2. The summed E-state index contributed by atoms with van der Waals surface area (Å²) in [5.41, 5.74) is -1.06. The topological polar surface area (TPSA) is 95.1 Å². The van der Waals surface area contributed by atoms with Gasteiger partial charge in [0.1, 0.15) is 11.6 Å². The van der Waals surface area contributed by atoms with Crippen LogP contribution in [0.2, 0.25) is 0 Å². The Morgan fingerprint density at radius 1 is 1.33 bits per heavy atom. The maximum Gasteiger partial charge on any atom is 0.354 e. The van der Waals surface area contributed by atoms with Gasteiger partial charge in [-0.1, -0.05) is 6.07 Å². The summed E-state index contributed by atoms with van der Waals surface area (Å²) < 4.78 is 27.2. The highest BCUT2D eigenvalue weighted by Gasteiger charge is 2.23. The number of carboxylic acid groups (broad SMARTS) is 1. The molecule has 1 atom stereocenters. The van der Waals surface area contributed by atoms with Crippen molar-refractivity contribution in [1.82, 2.24) is 15.3 Å². The number of aromatic carboxylic acids is 1. The van der Waals surface area contributed by atoms with Gasteiger partial charge in [-0.25, -0.2) is 18.6 Å². The van der Waals surface area contributed by atoms with Crippen molar-refractivity contribution in [3.8, 4) is 0 Å². The van der Waals surface area contributed by atoms with Crippen LogP contribution in [0.15, 0.2) is 24.5 Å². The number of benzene rings is 1. The van der Waals surface area contributed by atoms with Gasteiger partial charge < -0.3 is 15.4 Å². The van der Waals surface area contributed by atoms with Crippen molar-refractivity contribution in [3.63, 3.8) is 0 Å². The second kappa shape index (κ2) is 5.70. The Bertz CT molecular complexity index is 679. The molecule has 1 heterocycles. The lowest BCUT2D eigenvalue weighted by atomic mass is 10.1. The van der Waals surface area contributed by atoms with Crippen LogP contribution in [0.1, 0.15) is 39.5 Å². The molecule has 2 rings (SSSR count). The molecule has 3 N–H and O–H groups in total. The average Bonchev–Trinajstić information content (AvgIpc) is 2.87. The fourth-order valence-electron chi connectivity index (χ4n) is 1.89. The molecule has 1 aromatic heterocycles. The number of imidazole rings is 1. The fraction of sp³-hybridized carbons (Fsp3) is 0.154. The molecule has 0 radical (unpaired) electrons. The van der Waals surface area contributed by atoms with Gasteiger partial charge in [-0.15, -0.1) is 0 Å². The molecule has 0 saturated carbocycles. The smallest absolute Gasteiger partial charge is 0.354 e. The van der Waals surface area contributed by atoms with Gasteiger partial charge in [-0.2, -0.15) is 0 Å². The first-order valence-corrected chi connectivity index (χ1v) is 5.93. The van der Waals surface area contributed by atoms with Gasteiger partial charge in [0, 0.05) is 5.56 Å². The summed E-state index contributed by atoms with van der Waals surface area (Å²) in [5.74, 6) is -3.81. The summed E-state index contributed by atoms with van der Waals surface area (Å²) in [7, 11) is 0. The molecule has 0 aliphatic carbocycles. The second-order valence-corrected chi connectivity index (χ2v) is 4.26. The van der Waals surface area contributed by atoms with E-state index in [0.717, 1.165) is 18.5 Å². The Kier molecular flexibility index (Phi) is 3.97. The van der Waals surface area contributed by atoms with Crippen molar-refractivity contribution in [2.75, 3.05) is 0 Å². The highest BCUT2D eigenvalue weighted by molar-refractivity contribution is 6.02. The van der Waals surface area contributed by atoms with Crippen molar-refractivity contribution in [2.24, 2.45) is 0 Å². The predicted molar refractivity (Wildman–Crippen MR) is 67.8 cm³/mol. The van der Waals surface area contributed by atoms with E-state index in [0.29, 0.717) is 0 Å². The largest absolute Gasteiger partial charge is 0.477 e. The number of carbonyl (C=O) groups is 2. The van der Waals surface area contributed by atoms with Gasteiger partial charge in [0.15, 0.2) is 11.4 Å². The van der Waals surface area contributed by atoms with Gasteiger partial charge in [0.25, 0.3) is 5.91 Å². The molecular weight excluding hydrogens is 284 g/mol. The summed E-state index contributed by atoms with van der Waals surface area (Å²) in [5, 5.41) is 11.2. The van der Waals surface area contributed by atoms with Crippen LogP contribution in [0.3, 0.4) is 0 Å². The Morgan fingerprint density at radius 3 is 2.52 bits per heavy atom. The Morgan fingerprint density at radius 2 is 1.95 bits per heavy atom. The third-order valence-electron chi connectivity index (χ3n) is 2.85. The summed E-state index contributed by atoms with van der Waals surface area (Å²) in [6.07, 6.45) is 1.05. The lowest BCUT2D eigenvalue weighted by Crippen LogP contribution is -2.29. The van der Waals surface area contributed by atoms with Gasteiger partial charge in [0.05, 0.1) is 12.4 Å². The Labute approximate surface area is 117 Å². The molecule has 0 spiro atoms. The molecule has 1 aromatic carbocycles. The molecule has 0 saturated heterocycles. The van der Waals surface area contributed by atoms with E-state index in [-0.39, 0.29) is 11.3 Å². The van der Waals surface area contributed by atoms with E-state index in [4.69, 9.17) is 5.11 Å². The van der Waals surface area contributed by atoms with Crippen LogP contribution in [0.25, 0.3) is 0 Å². The Balaban J connectivity index is 2.23. The molecule has 2 aromatic rings. The maximum absolute atomic E-state index is 13.6. The lowest BCUT2D eigenvalue weighted by molar-refractivity contribution is 0.0684. The number of H-pyrrole nitrogens is 1. The number of halogens is 2. The average molecular weight is 295 g/mol. The Hall–Kier alpha value is -2.77. The van der Waals surface area contributed by atoms with Crippen molar-refractivity contribution in [2.45, 2.75) is 13.0 Å². The first-order valence-electron chi connectivity index (χ1n) is 5.93. The molecule has 0 aliphatic rings. The van der Waals surface area contributed by atoms with E-state index in [1.807, 2.05) is 0 Å². The highest BCUT2D eigenvalue weighted by atomic mass is 19.1. The van der Waals surface area contributed by atoms with E-state index in [2.05, 4.69) is 15.3 Å². The van der Waals surface area contributed by atoms with E-state index in [1.54, 1.807) is 0 Å². The summed E-state index contributed by atoms with van der Waals surface area (Å²) in [4.78, 5) is 28.7. The van der Waals surface area contributed by atoms with Gasteiger partial charge in [-0.05, 0) is 19.1 Å². The van der Waals surface area contributed by atoms with Crippen molar-refractivity contribution in [3.05, 3.63) is 53.1 Å². The van der Waals surface area contributed by atoms with Crippen LogP contribution in [0, 0.1) is 11.6 Å². The number of nitrogens with zero attached hydrogens (tertiary/aromatic N) is 1. The monoisotopic (exact) mass is 295 g/mol. The molecule has 0 bridgehead atoms. The van der Waals surface area contributed by atoms with Crippen LogP contribution < -0.4 is 5.32 Å². The maximum atomic E-state index is 13.6. The summed E-state index contributed by atoms with van der Waals surface area (Å²) in [6, 6.07) is 2.35. The van der Waals surface area contributed by atoms with Crippen molar-refractivity contribution in [1.29, 1.82) is 0 Å². The summed E-state index contributed by atoms with van der Waals surface area (Å²) in [6.45, 7) is 1.38. The minimum absolute atomic E-state index is 0.307. The van der Waals surface area contributed by atoms with E-state index in [9.17, 15) is 18.4 Å². The molecule has 8 heteroatoms. The number of aromatic nitrogens is 2. The van der Waals surface area contributed by atoms with Crippen molar-refractivity contribution >= 4 is 11.9 Å². The quantitative estimate of drug-likeness (QED) is 0.802. The van der Waals surface area contributed by atoms with Gasteiger partial charge in [-0.3, -0.25) is 4.79 Å². The van der Waals surface area contributed by atoms with E-state index in [1.165, 1.54) is 13.0 Å². The number of aromatic amines is 1. The highest BCUT2D eigenvalue weighted by Crippen LogP contribution is 2.20. The number of carboxylic acids is 1. The zero-order valence-electron chi connectivity index (χ0n) is 10.9. The zero-order valence-corrected chi connectivity index (χ0v) is 10.9. The predicted octanol–water partition coefficient (Wildman–Crippen LogP) is 1.88. The van der Waals surface area contributed by atoms with Crippen LogP contribution in [0.4, 0.5) is 8.78 Å². The second-order valence-electron chi connectivity index (χ2n) is 4.26.